The van der Waals surface area contributed by atoms with Crippen LogP contribution in [0.25, 0.3) is 10.9 Å². The molecule has 0 amide bonds. The van der Waals surface area contributed by atoms with Crippen LogP contribution in [-0.2, 0) is 9.73 Å². The van der Waals surface area contributed by atoms with Gasteiger partial charge < -0.3 is 9.47 Å². The minimum Gasteiger partial charge on any atom is -0.497 e. The normalized spacial score (nSPS) is 25.0. The van der Waals surface area contributed by atoms with Crippen molar-refractivity contribution in [1.29, 1.82) is 4.78 Å². The van der Waals surface area contributed by atoms with Crippen molar-refractivity contribution in [2.75, 3.05) is 25.2 Å². The lowest BCUT2D eigenvalue weighted by atomic mass is 10.0. The van der Waals surface area contributed by atoms with Crippen molar-refractivity contribution in [3.63, 3.8) is 0 Å². The van der Waals surface area contributed by atoms with Crippen molar-refractivity contribution in [2.24, 2.45) is 5.92 Å². The Morgan fingerprint density at radius 1 is 1.32 bits per heavy atom. The number of ether oxygens (including phenoxy) is 2. The van der Waals surface area contributed by atoms with Crippen molar-refractivity contribution in [2.45, 2.75) is 12.8 Å². The van der Waals surface area contributed by atoms with Gasteiger partial charge in [-0.1, -0.05) is 0 Å². The van der Waals surface area contributed by atoms with E-state index in [4.69, 9.17) is 14.3 Å². The van der Waals surface area contributed by atoms with Gasteiger partial charge in [0.15, 0.2) is 0 Å². The van der Waals surface area contributed by atoms with Crippen LogP contribution in [0.4, 0.5) is 0 Å². The van der Waals surface area contributed by atoms with E-state index in [0.717, 1.165) is 35.2 Å². The minimum atomic E-state index is -2.32. The van der Waals surface area contributed by atoms with E-state index in [1.54, 1.807) is 13.3 Å². The van der Waals surface area contributed by atoms with Crippen LogP contribution in [0.3, 0.4) is 0 Å². The Morgan fingerprint density at radius 3 is 2.82 bits per heavy atom. The van der Waals surface area contributed by atoms with E-state index in [1.807, 2.05) is 24.3 Å². The maximum Gasteiger partial charge on any atom is 0.130 e. The smallest absolute Gasteiger partial charge is 0.130 e. The Balaban J connectivity index is 1.72. The predicted molar refractivity (Wildman–Crippen MR) is 87.1 cm³/mol. The molecule has 2 heterocycles. The van der Waals surface area contributed by atoms with Gasteiger partial charge in [0.1, 0.15) is 11.5 Å². The molecular weight excluding hydrogens is 300 g/mol. The molecule has 0 atom stereocenters. The average Bonchev–Trinajstić information content (AvgIpc) is 2.53. The fraction of sp³-hybridized carbons (Fsp3) is 0.438. The summed E-state index contributed by atoms with van der Waals surface area (Å²) in [6, 6.07) is 7.60. The second kappa shape index (κ2) is 6.12. The summed E-state index contributed by atoms with van der Waals surface area (Å²) in [5, 5.41) is 0.961. The largest absolute Gasteiger partial charge is 0.497 e. The predicted octanol–water partition coefficient (Wildman–Crippen LogP) is 3.08. The number of methoxy groups -OCH3 is 1. The third-order valence-electron chi connectivity index (χ3n) is 4.10. The number of rotatable bonds is 4. The zero-order valence-electron chi connectivity index (χ0n) is 12.6. The zero-order valence-corrected chi connectivity index (χ0v) is 13.4. The lowest BCUT2D eigenvalue weighted by Crippen LogP contribution is -2.26. The Labute approximate surface area is 130 Å². The van der Waals surface area contributed by atoms with Crippen LogP contribution in [-0.4, -0.2) is 34.4 Å². The molecule has 1 N–H and O–H groups in total. The van der Waals surface area contributed by atoms with Crippen LogP contribution in [0.2, 0.25) is 0 Å². The Kier molecular flexibility index (Phi) is 4.20. The molecule has 118 valence electrons. The summed E-state index contributed by atoms with van der Waals surface area (Å²) >= 11 is 0. The Morgan fingerprint density at radius 2 is 2.09 bits per heavy atom. The summed E-state index contributed by atoms with van der Waals surface area (Å²) in [4.78, 5) is 4.34. The molecule has 1 aliphatic heterocycles. The van der Waals surface area contributed by atoms with Crippen molar-refractivity contribution in [3.8, 4) is 11.5 Å². The van der Waals surface area contributed by atoms with Crippen LogP contribution in [0.5, 0.6) is 11.5 Å². The van der Waals surface area contributed by atoms with Crippen LogP contribution >= 0.6 is 0 Å². The molecule has 0 aliphatic carbocycles. The van der Waals surface area contributed by atoms with Gasteiger partial charge in [-0.15, -0.1) is 0 Å². The number of benzene rings is 1. The highest BCUT2D eigenvalue weighted by atomic mass is 32.2. The van der Waals surface area contributed by atoms with Crippen LogP contribution in [0, 0.1) is 10.7 Å². The van der Waals surface area contributed by atoms with Gasteiger partial charge in [0.25, 0.3) is 0 Å². The van der Waals surface area contributed by atoms with Crippen molar-refractivity contribution in [3.05, 3.63) is 30.5 Å². The van der Waals surface area contributed by atoms with Gasteiger partial charge in [0, 0.05) is 38.9 Å². The Bertz CT molecular complexity index is 760. The number of nitrogens with zero attached hydrogens (tertiary/aromatic N) is 1. The SMILES string of the molecule is COc1ccc2c(OCC3CCS(=N)(=O)CC3)ccnc2c1. The van der Waals surface area contributed by atoms with E-state index in [9.17, 15) is 4.21 Å². The van der Waals surface area contributed by atoms with E-state index in [2.05, 4.69) is 4.98 Å². The first-order chi connectivity index (χ1) is 10.6. The zero-order chi connectivity index (χ0) is 15.6. The number of hydrogen-bond donors (Lipinski definition) is 1. The summed E-state index contributed by atoms with van der Waals surface area (Å²) < 4.78 is 30.5. The number of fused-ring (bicyclic) bond motifs is 1. The number of hydrogen-bond acceptors (Lipinski definition) is 5. The maximum atomic E-state index is 11.7. The van der Waals surface area contributed by atoms with Crippen molar-refractivity contribution >= 4 is 20.6 Å². The van der Waals surface area contributed by atoms with E-state index in [-0.39, 0.29) is 0 Å². The van der Waals surface area contributed by atoms with Gasteiger partial charge in [0.2, 0.25) is 0 Å². The topological polar surface area (TPSA) is 72.3 Å². The molecule has 3 rings (SSSR count). The summed E-state index contributed by atoms with van der Waals surface area (Å²) in [5.74, 6) is 2.95. The number of pyridine rings is 1. The summed E-state index contributed by atoms with van der Waals surface area (Å²) in [5.41, 5.74) is 0.842. The van der Waals surface area contributed by atoms with E-state index in [1.165, 1.54) is 0 Å². The Hall–Kier alpha value is -1.82. The second-order valence-electron chi connectivity index (χ2n) is 5.67. The summed E-state index contributed by atoms with van der Waals surface area (Å²) in [6.07, 6.45) is 3.34. The van der Waals surface area contributed by atoms with Crippen LogP contribution in [0.1, 0.15) is 12.8 Å². The van der Waals surface area contributed by atoms with Gasteiger partial charge >= 0.3 is 0 Å². The molecule has 0 unspecified atom stereocenters. The molecule has 6 heteroatoms. The quantitative estimate of drug-likeness (QED) is 0.939. The third-order valence-corrected chi connectivity index (χ3v) is 5.89. The van der Waals surface area contributed by atoms with Crippen molar-refractivity contribution < 1.29 is 13.7 Å². The molecule has 1 fully saturated rings. The molecule has 0 radical (unpaired) electrons. The highest BCUT2D eigenvalue weighted by Crippen LogP contribution is 2.28. The fourth-order valence-corrected chi connectivity index (χ4v) is 4.32. The molecule has 1 saturated heterocycles. The molecule has 1 aliphatic rings. The lowest BCUT2D eigenvalue weighted by molar-refractivity contribution is 0.241. The summed E-state index contributed by atoms with van der Waals surface area (Å²) in [6.45, 7) is 0.598. The molecule has 0 spiro atoms. The number of aromatic nitrogens is 1. The average molecular weight is 320 g/mol. The standard InChI is InChI=1S/C16H20N2O3S/c1-20-13-2-3-14-15(10-13)18-7-4-16(14)21-11-12-5-8-22(17,19)9-6-12/h2-4,7,10,12,17H,5-6,8-9,11H2,1H3. The maximum absolute atomic E-state index is 11.7. The van der Waals surface area contributed by atoms with Crippen molar-refractivity contribution in [1.82, 2.24) is 4.98 Å². The van der Waals surface area contributed by atoms with Gasteiger partial charge in [-0.3, -0.25) is 9.76 Å². The first kappa shape index (κ1) is 15.1. The molecule has 2 aromatic rings. The first-order valence-corrected chi connectivity index (χ1v) is 9.27. The van der Waals surface area contributed by atoms with Crippen LogP contribution < -0.4 is 9.47 Å². The highest BCUT2D eigenvalue weighted by Gasteiger charge is 2.21. The second-order valence-corrected chi connectivity index (χ2v) is 8.11. The molecule has 0 saturated carbocycles. The van der Waals surface area contributed by atoms with Gasteiger partial charge in [-0.05, 0) is 37.0 Å². The third kappa shape index (κ3) is 3.32. The molecule has 0 bridgehead atoms. The minimum absolute atomic E-state index is 0.376. The molecule has 22 heavy (non-hydrogen) atoms. The molecule has 5 nitrogen and oxygen atoms in total. The monoisotopic (exact) mass is 320 g/mol. The van der Waals surface area contributed by atoms with E-state index < -0.39 is 9.73 Å². The fourth-order valence-electron chi connectivity index (χ4n) is 2.69. The van der Waals surface area contributed by atoms with E-state index in [0.29, 0.717) is 24.0 Å². The molecule has 1 aromatic carbocycles. The number of nitrogens with one attached hydrogen (secondary N) is 1. The van der Waals surface area contributed by atoms with E-state index >= 15 is 0 Å². The van der Waals surface area contributed by atoms with Gasteiger partial charge in [-0.2, -0.15) is 0 Å². The lowest BCUT2D eigenvalue weighted by Gasteiger charge is -2.23. The van der Waals surface area contributed by atoms with Crippen LogP contribution in [0.15, 0.2) is 30.5 Å². The highest BCUT2D eigenvalue weighted by molar-refractivity contribution is 7.92. The van der Waals surface area contributed by atoms with Gasteiger partial charge in [-0.25, -0.2) is 4.21 Å². The summed E-state index contributed by atoms with van der Waals surface area (Å²) in [7, 11) is -0.687. The molecular formula is C16H20N2O3S. The van der Waals surface area contributed by atoms with Gasteiger partial charge in [0.05, 0.1) is 19.2 Å². The first-order valence-electron chi connectivity index (χ1n) is 7.37. The molecule has 1 aromatic heterocycles.